The molecule has 182 valence electrons. The summed E-state index contributed by atoms with van der Waals surface area (Å²) < 4.78 is 23.4. The van der Waals surface area contributed by atoms with Gasteiger partial charge in [0.25, 0.3) is 5.91 Å². The maximum Gasteiger partial charge on any atom is 0.274 e. The highest BCUT2D eigenvalue weighted by Crippen LogP contribution is 2.32. The molecular formula is C26H24N6O3S. The minimum Gasteiger partial charge on any atom is -0.320 e. The molecule has 36 heavy (non-hydrogen) atoms. The molecule has 3 aromatic rings. The van der Waals surface area contributed by atoms with E-state index in [1.807, 2.05) is 29.4 Å². The number of hydrogen-bond donors (Lipinski definition) is 1. The molecule has 0 radical (unpaired) electrons. The number of carbonyl (C=O) groups excluding carboxylic acids is 1. The van der Waals surface area contributed by atoms with E-state index in [0.717, 1.165) is 39.2 Å². The Morgan fingerprint density at radius 1 is 1.00 bits per heavy atom. The molecule has 10 heteroatoms. The van der Waals surface area contributed by atoms with Crippen molar-refractivity contribution in [1.82, 2.24) is 14.9 Å². The fourth-order valence-electron chi connectivity index (χ4n) is 4.66. The van der Waals surface area contributed by atoms with Crippen LogP contribution in [0.1, 0.15) is 38.6 Å². The van der Waals surface area contributed by atoms with Gasteiger partial charge in [-0.3, -0.25) is 24.7 Å². The van der Waals surface area contributed by atoms with Gasteiger partial charge in [-0.05, 0) is 41.5 Å². The Bertz CT molecular complexity index is 1530. The fraction of sp³-hybridized carbons (Fsp3) is 0.269. The van der Waals surface area contributed by atoms with Crippen molar-refractivity contribution in [3.63, 3.8) is 0 Å². The fourth-order valence-corrected chi connectivity index (χ4v) is 5.94. The van der Waals surface area contributed by atoms with E-state index in [1.54, 1.807) is 18.3 Å². The van der Waals surface area contributed by atoms with Crippen LogP contribution in [0.2, 0.25) is 0 Å². The Morgan fingerprint density at radius 3 is 2.69 bits per heavy atom. The maximum atomic E-state index is 13.2. The molecule has 0 spiro atoms. The molecule has 6 rings (SSSR count). The van der Waals surface area contributed by atoms with Gasteiger partial charge in [-0.1, -0.05) is 6.07 Å². The number of benzene rings is 1. The second-order valence-corrected chi connectivity index (χ2v) is 11.5. The maximum absolute atomic E-state index is 13.2. The topological polar surface area (TPSA) is 117 Å². The highest BCUT2D eigenvalue weighted by atomic mass is 32.2. The zero-order valence-corrected chi connectivity index (χ0v) is 20.3. The second kappa shape index (κ2) is 9.03. The molecule has 1 aromatic carbocycles. The molecule has 3 aliphatic rings. The average Bonchev–Trinajstić information content (AvgIpc) is 3.54. The number of sulfone groups is 1. The van der Waals surface area contributed by atoms with Crippen molar-refractivity contribution in [2.24, 2.45) is 9.98 Å². The first-order valence-corrected chi connectivity index (χ1v) is 13.6. The largest absolute Gasteiger partial charge is 0.320 e. The molecule has 9 nitrogen and oxygen atoms in total. The third-order valence-electron chi connectivity index (χ3n) is 6.67. The first-order chi connectivity index (χ1) is 17.4. The van der Waals surface area contributed by atoms with E-state index < -0.39 is 9.84 Å². The number of aliphatic imine (C=N–C) groups is 2. The molecule has 3 aliphatic heterocycles. The van der Waals surface area contributed by atoms with E-state index in [-0.39, 0.29) is 17.4 Å². The summed E-state index contributed by atoms with van der Waals surface area (Å²) in [4.78, 5) is 33.0. The van der Waals surface area contributed by atoms with Crippen molar-refractivity contribution < 1.29 is 13.2 Å². The van der Waals surface area contributed by atoms with Crippen LogP contribution in [-0.2, 0) is 29.5 Å². The Morgan fingerprint density at radius 2 is 1.83 bits per heavy atom. The number of aromatic nitrogens is 2. The van der Waals surface area contributed by atoms with Gasteiger partial charge >= 0.3 is 0 Å². The first kappa shape index (κ1) is 22.7. The van der Waals surface area contributed by atoms with E-state index in [4.69, 9.17) is 0 Å². The van der Waals surface area contributed by atoms with Crippen molar-refractivity contribution in [3.05, 3.63) is 76.4 Å². The van der Waals surface area contributed by atoms with E-state index in [1.165, 1.54) is 0 Å². The minimum absolute atomic E-state index is 0.155. The summed E-state index contributed by atoms with van der Waals surface area (Å²) in [5.41, 5.74) is 7.54. The van der Waals surface area contributed by atoms with Gasteiger partial charge in [0.15, 0.2) is 9.84 Å². The average molecular weight is 501 g/mol. The first-order valence-electron chi connectivity index (χ1n) is 11.8. The van der Waals surface area contributed by atoms with Crippen LogP contribution in [-0.4, -0.2) is 66.2 Å². The summed E-state index contributed by atoms with van der Waals surface area (Å²) in [5, 5.41) is 3.03. The summed E-state index contributed by atoms with van der Waals surface area (Å²) in [5.74, 6) is 0.00256. The van der Waals surface area contributed by atoms with Crippen molar-refractivity contribution in [1.29, 1.82) is 0 Å². The van der Waals surface area contributed by atoms with E-state index >= 15 is 0 Å². The van der Waals surface area contributed by atoms with Crippen LogP contribution in [0.25, 0.3) is 11.1 Å². The zero-order chi connectivity index (χ0) is 24.7. The van der Waals surface area contributed by atoms with Crippen molar-refractivity contribution >= 4 is 33.9 Å². The second-order valence-electron chi connectivity index (χ2n) is 9.19. The predicted molar refractivity (Wildman–Crippen MR) is 138 cm³/mol. The van der Waals surface area contributed by atoms with Crippen LogP contribution in [0.5, 0.6) is 0 Å². The van der Waals surface area contributed by atoms with Gasteiger partial charge in [0.1, 0.15) is 5.69 Å². The molecular weight excluding hydrogens is 476 g/mol. The summed E-state index contributed by atoms with van der Waals surface area (Å²) in [6.45, 7) is 2.62. The molecule has 0 aliphatic carbocycles. The van der Waals surface area contributed by atoms with Gasteiger partial charge in [0.05, 0.1) is 41.7 Å². The molecule has 2 aromatic heterocycles. The quantitative estimate of drug-likeness (QED) is 0.575. The standard InChI is InChI=1S/C26H24N6O3S/c33-26(23-3-1-2-21(30-23)16-32-4-6-36(34,35)7-5-32)31-24-10-17(8-19-11-27-14-22(19)24)18-9-20-12-28-15-25(20)29-13-18/h1-3,8-10,12-14H,4-7,11,15-16H2,(H,31,33). The number of carbonyl (C=O) groups is 1. The number of nitrogens with zero attached hydrogens (tertiary/aromatic N) is 5. The Labute approximate surface area is 209 Å². The Hall–Kier alpha value is -3.76. The summed E-state index contributed by atoms with van der Waals surface area (Å²) in [6.07, 6.45) is 5.47. The number of rotatable bonds is 5. The lowest BCUT2D eigenvalue weighted by molar-refractivity contribution is 0.102. The molecule has 0 atom stereocenters. The predicted octanol–water partition coefficient (Wildman–Crippen LogP) is 2.49. The van der Waals surface area contributed by atoms with Crippen molar-refractivity contribution in [3.8, 4) is 11.1 Å². The molecule has 0 saturated carbocycles. The van der Waals surface area contributed by atoms with Gasteiger partial charge < -0.3 is 5.32 Å². The highest BCUT2D eigenvalue weighted by Gasteiger charge is 2.22. The van der Waals surface area contributed by atoms with Gasteiger partial charge in [-0.15, -0.1) is 0 Å². The van der Waals surface area contributed by atoms with Gasteiger partial charge in [-0.2, -0.15) is 0 Å². The minimum atomic E-state index is -2.94. The summed E-state index contributed by atoms with van der Waals surface area (Å²) in [7, 11) is -2.94. The van der Waals surface area contributed by atoms with Crippen LogP contribution in [0.3, 0.4) is 0 Å². The van der Waals surface area contributed by atoms with Crippen molar-refractivity contribution in [2.45, 2.75) is 19.6 Å². The van der Waals surface area contributed by atoms with E-state index in [0.29, 0.717) is 44.1 Å². The van der Waals surface area contributed by atoms with Crippen molar-refractivity contribution in [2.75, 3.05) is 29.9 Å². The molecule has 1 fully saturated rings. The smallest absolute Gasteiger partial charge is 0.274 e. The summed E-state index contributed by atoms with van der Waals surface area (Å²) in [6, 6.07) is 11.4. The summed E-state index contributed by atoms with van der Waals surface area (Å²) >= 11 is 0. The molecule has 0 bridgehead atoms. The molecule has 1 saturated heterocycles. The van der Waals surface area contributed by atoms with Crippen LogP contribution < -0.4 is 5.32 Å². The lowest BCUT2D eigenvalue weighted by Crippen LogP contribution is -2.39. The van der Waals surface area contributed by atoms with Gasteiger partial charge in [0, 0.05) is 55.0 Å². The van der Waals surface area contributed by atoms with Gasteiger partial charge in [0.2, 0.25) is 0 Å². The number of anilines is 1. The number of nitrogens with one attached hydrogen (secondary N) is 1. The Kier molecular flexibility index (Phi) is 5.69. The van der Waals surface area contributed by atoms with Crippen LogP contribution in [0.4, 0.5) is 5.69 Å². The monoisotopic (exact) mass is 500 g/mol. The molecule has 0 unspecified atom stereocenters. The SMILES string of the molecule is O=C(Nc1cc(-c2cnc3c(c2)C=NC3)cc2c1C=NC2)c1cccc(CN2CCS(=O)(=O)CC2)n1. The number of hydrogen-bond acceptors (Lipinski definition) is 8. The number of fused-ring (bicyclic) bond motifs is 2. The molecule has 1 amide bonds. The Balaban J connectivity index is 1.23. The van der Waals surface area contributed by atoms with E-state index in [9.17, 15) is 13.2 Å². The zero-order valence-electron chi connectivity index (χ0n) is 19.5. The lowest BCUT2D eigenvalue weighted by atomic mass is 9.98. The molecule has 5 heterocycles. The van der Waals surface area contributed by atoms with Crippen LogP contribution in [0.15, 0.2) is 52.6 Å². The highest BCUT2D eigenvalue weighted by molar-refractivity contribution is 7.91. The molecule has 1 N–H and O–H groups in total. The van der Waals surface area contributed by atoms with E-state index in [2.05, 4.69) is 37.4 Å². The number of pyridine rings is 2. The van der Waals surface area contributed by atoms with Gasteiger partial charge in [-0.25, -0.2) is 13.4 Å². The normalized spacial score (nSPS) is 17.7. The lowest BCUT2D eigenvalue weighted by Gasteiger charge is -2.26. The third kappa shape index (κ3) is 4.57. The van der Waals surface area contributed by atoms with Crippen LogP contribution >= 0.6 is 0 Å². The third-order valence-corrected chi connectivity index (χ3v) is 8.28. The number of amides is 1. The van der Waals surface area contributed by atoms with Crippen LogP contribution in [0, 0.1) is 0 Å².